The number of carbonyl (C=O) groups excluding carboxylic acids is 1. The van der Waals surface area contributed by atoms with Gasteiger partial charge < -0.3 is 4.79 Å². The van der Waals surface area contributed by atoms with E-state index in [2.05, 4.69) is 6.92 Å². The fourth-order valence-corrected chi connectivity index (χ4v) is 7.89. The third-order valence-corrected chi connectivity index (χ3v) is 8.71. The number of hydrogen-bond acceptors (Lipinski definition) is 1. The lowest BCUT2D eigenvalue weighted by Crippen LogP contribution is -2.52. The predicted molar refractivity (Wildman–Crippen MR) is 109 cm³/mol. The molecule has 146 valence electrons. The van der Waals surface area contributed by atoms with Gasteiger partial charge in [-0.05, 0) is 92.8 Å². The lowest BCUT2D eigenvalue weighted by molar-refractivity contribution is -0.129. The Balaban J connectivity index is 0.000000726. The van der Waals surface area contributed by atoms with Gasteiger partial charge in [0.1, 0.15) is 5.78 Å². The molecule has 0 aromatic rings. The van der Waals surface area contributed by atoms with Gasteiger partial charge in [0.25, 0.3) is 0 Å². The summed E-state index contributed by atoms with van der Waals surface area (Å²) in [7, 11) is 0. The zero-order valence-electron chi connectivity index (χ0n) is 16.7. The quantitative estimate of drug-likeness (QED) is 0.507. The molecule has 6 atom stereocenters. The van der Waals surface area contributed by atoms with E-state index in [0.29, 0.717) is 16.6 Å². The van der Waals surface area contributed by atoms with Gasteiger partial charge in [0, 0.05) is 6.42 Å². The predicted octanol–water partition coefficient (Wildman–Crippen LogP) is 7.43. The Hall–Kier alpha value is -0.330. The van der Waals surface area contributed by atoms with Crippen LogP contribution in [0.15, 0.2) is 0 Å². The Morgan fingerprint density at radius 2 is 1.64 bits per heavy atom. The van der Waals surface area contributed by atoms with Gasteiger partial charge in [0.2, 0.25) is 0 Å². The molecule has 0 N–H and O–H groups in total. The van der Waals surface area contributed by atoms with Crippen molar-refractivity contribution in [2.75, 3.05) is 0 Å². The zero-order valence-corrected chi connectivity index (χ0v) is 16.7. The van der Waals surface area contributed by atoms with E-state index < -0.39 is 0 Å². The van der Waals surface area contributed by atoms with Gasteiger partial charge in [-0.25, -0.2) is 0 Å². The minimum Gasteiger partial charge on any atom is -0.300 e. The summed E-state index contributed by atoms with van der Waals surface area (Å²) < 4.78 is 0. The van der Waals surface area contributed by atoms with Crippen LogP contribution in [-0.4, -0.2) is 5.78 Å². The summed E-state index contributed by atoms with van der Waals surface area (Å²) in [5, 5.41) is 0. The summed E-state index contributed by atoms with van der Waals surface area (Å²) in [5.41, 5.74) is 1.07. The van der Waals surface area contributed by atoms with Gasteiger partial charge in [-0.3, -0.25) is 0 Å². The van der Waals surface area contributed by atoms with Crippen molar-refractivity contribution >= 4 is 5.78 Å². The van der Waals surface area contributed by atoms with E-state index in [1.807, 2.05) is 20.8 Å². The van der Waals surface area contributed by atoms with Crippen LogP contribution in [0.1, 0.15) is 112 Å². The molecular weight excluding hydrogens is 304 g/mol. The van der Waals surface area contributed by atoms with Gasteiger partial charge in [0.15, 0.2) is 0 Å². The maximum atomic E-state index is 11.9. The Kier molecular flexibility index (Phi) is 6.83. The molecule has 0 saturated heterocycles. The number of fused-ring (bicyclic) bond motifs is 5. The second-order valence-electron chi connectivity index (χ2n) is 9.57. The molecular formula is C24H44O. The van der Waals surface area contributed by atoms with Crippen LogP contribution in [0.2, 0.25) is 0 Å². The molecule has 4 fully saturated rings. The van der Waals surface area contributed by atoms with Crippen LogP contribution in [0.25, 0.3) is 0 Å². The minimum atomic E-state index is 0. The molecule has 6 unspecified atom stereocenters. The molecule has 4 aliphatic rings. The SMILES string of the molecule is C.CC.CC(=O)CC12CCCC1C1CCC3CCCCC3(C)C1CC2. The smallest absolute Gasteiger partial charge is 0.130 e. The van der Waals surface area contributed by atoms with Gasteiger partial charge in [0.05, 0.1) is 0 Å². The van der Waals surface area contributed by atoms with Crippen molar-refractivity contribution < 1.29 is 4.79 Å². The first-order valence-corrected chi connectivity index (χ1v) is 11.0. The van der Waals surface area contributed by atoms with Crippen LogP contribution in [0, 0.1) is 34.5 Å². The van der Waals surface area contributed by atoms with E-state index >= 15 is 0 Å². The molecule has 0 heterocycles. The highest BCUT2D eigenvalue weighted by Crippen LogP contribution is 2.67. The van der Waals surface area contributed by atoms with Crippen molar-refractivity contribution in [2.24, 2.45) is 34.5 Å². The maximum Gasteiger partial charge on any atom is 0.130 e. The van der Waals surface area contributed by atoms with Gasteiger partial charge >= 0.3 is 0 Å². The fraction of sp³-hybridized carbons (Fsp3) is 0.958. The molecule has 1 nitrogen and oxygen atoms in total. The maximum absolute atomic E-state index is 11.9. The van der Waals surface area contributed by atoms with E-state index in [0.717, 1.165) is 30.1 Å². The average molecular weight is 349 g/mol. The number of hydrogen-bond donors (Lipinski definition) is 0. The molecule has 0 aliphatic heterocycles. The van der Waals surface area contributed by atoms with Crippen LogP contribution < -0.4 is 0 Å². The van der Waals surface area contributed by atoms with Crippen LogP contribution in [0.4, 0.5) is 0 Å². The molecule has 0 aromatic carbocycles. The molecule has 0 radical (unpaired) electrons. The highest BCUT2D eigenvalue weighted by atomic mass is 16.1. The van der Waals surface area contributed by atoms with E-state index in [9.17, 15) is 4.79 Å². The van der Waals surface area contributed by atoms with Crippen molar-refractivity contribution in [3.8, 4) is 0 Å². The Bertz CT molecular complexity index is 455. The van der Waals surface area contributed by atoms with Crippen molar-refractivity contribution in [3.05, 3.63) is 0 Å². The van der Waals surface area contributed by atoms with E-state index in [-0.39, 0.29) is 7.43 Å². The third kappa shape index (κ3) is 3.46. The summed E-state index contributed by atoms with van der Waals surface area (Å²) in [6.07, 6.45) is 16.8. The topological polar surface area (TPSA) is 17.1 Å². The van der Waals surface area contributed by atoms with Gasteiger partial charge in [-0.1, -0.05) is 47.5 Å². The summed E-state index contributed by atoms with van der Waals surface area (Å²) >= 11 is 0. The van der Waals surface area contributed by atoms with Crippen molar-refractivity contribution in [3.63, 3.8) is 0 Å². The molecule has 0 spiro atoms. The summed E-state index contributed by atoms with van der Waals surface area (Å²) in [4.78, 5) is 11.9. The Labute approximate surface area is 157 Å². The summed E-state index contributed by atoms with van der Waals surface area (Å²) in [6, 6.07) is 0. The standard InChI is InChI=1S/C21H34O.C2H6.CH4/c1-15(22)14-21-12-5-7-19(21)17-9-8-16-6-3-4-11-20(16,2)18(17)10-13-21;1-2;/h16-19H,3-14H2,1-2H3;1-2H3;1H4. The molecule has 25 heavy (non-hydrogen) atoms. The molecule has 0 aromatic heterocycles. The van der Waals surface area contributed by atoms with Crippen LogP contribution in [0.5, 0.6) is 0 Å². The largest absolute Gasteiger partial charge is 0.300 e. The van der Waals surface area contributed by atoms with E-state index in [4.69, 9.17) is 0 Å². The molecule has 1 heteroatoms. The van der Waals surface area contributed by atoms with Gasteiger partial charge in [-0.2, -0.15) is 0 Å². The molecule has 4 rings (SSSR count). The molecule has 0 amide bonds. The number of carbonyl (C=O) groups is 1. The lowest BCUT2D eigenvalue weighted by Gasteiger charge is -2.60. The monoisotopic (exact) mass is 348 g/mol. The fourth-order valence-electron chi connectivity index (χ4n) is 7.89. The van der Waals surface area contributed by atoms with Crippen molar-refractivity contribution in [1.29, 1.82) is 0 Å². The highest BCUT2D eigenvalue weighted by Gasteiger charge is 2.58. The third-order valence-electron chi connectivity index (χ3n) is 8.71. The molecule has 4 aliphatic carbocycles. The van der Waals surface area contributed by atoms with E-state index in [1.54, 1.807) is 0 Å². The Morgan fingerprint density at radius 1 is 0.880 bits per heavy atom. The highest BCUT2D eigenvalue weighted by molar-refractivity contribution is 5.76. The van der Waals surface area contributed by atoms with E-state index in [1.165, 1.54) is 70.6 Å². The number of rotatable bonds is 2. The molecule has 4 saturated carbocycles. The molecule has 0 bridgehead atoms. The van der Waals surface area contributed by atoms with Crippen LogP contribution in [0.3, 0.4) is 0 Å². The van der Waals surface area contributed by atoms with Crippen LogP contribution in [-0.2, 0) is 4.79 Å². The average Bonchev–Trinajstić information content (AvgIpc) is 2.99. The Morgan fingerprint density at radius 3 is 2.36 bits per heavy atom. The first kappa shape index (κ1) is 21.0. The van der Waals surface area contributed by atoms with Crippen molar-refractivity contribution in [2.45, 2.75) is 112 Å². The van der Waals surface area contributed by atoms with Crippen molar-refractivity contribution in [1.82, 2.24) is 0 Å². The van der Waals surface area contributed by atoms with Gasteiger partial charge in [-0.15, -0.1) is 0 Å². The lowest BCUT2D eigenvalue weighted by atomic mass is 9.45. The summed E-state index contributed by atoms with van der Waals surface area (Å²) in [6.45, 7) is 8.48. The first-order chi connectivity index (χ1) is 11.6. The second-order valence-corrected chi connectivity index (χ2v) is 9.57. The zero-order chi connectivity index (χ0) is 17.4. The summed E-state index contributed by atoms with van der Waals surface area (Å²) in [5.74, 6) is 4.28. The normalized spacial score (nSPS) is 45.0. The number of ketones is 1. The first-order valence-electron chi connectivity index (χ1n) is 11.0. The number of Topliss-reactive ketones (excluding diaryl/α,β-unsaturated/α-hetero) is 1. The second kappa shape index (κ2) is 8.13. The minimum absolute atomic E-state index is 0. The van der Waals surface area contributed by atoms with Crippen LogP contribution >= 0.6 is 0 Å².